The van der Waals surface area contributed by atoms with Gasteiger partial charge >= 0.3 is 5.69 Å². The van der Waals surface area contributed by atoms with Crippen molar-refractivity contribution in [3.05, 3.63) is 33.1 Å². The molecule has 0 aliphatic carbocycles. The fourth-order valence-electron chi connectivity index (χ4n) is 1.93. The average molecular weight is 242 g/mol. The highest BCUT2D eigenvalue weighted by molar-refractivity contribution is 4.91. The zero-order valence-electron chi connectivity index (χ0n) is 9.24. The summed E-state index contributed by atoms with van der Waals surface area (Å²) in [6.45, 7) is 1.50. The predicted octanol–water partition coefficient (Wildman–Crippen LogP) is -1.58. The van der Waals surface area contributed by atoms with Gasteiger partial charge in [0.25, 0.3) is 5.56 Å². The van der Waals surface area contributed by atoms with Crippen molar-refractivity contribution in [1.82, 2.24) is 9.55 Å². The quantitative estimate of drug-likeness (QED) is 0.580. The van der Waals surface area contributed by atoms with Crippen LogP contribution >= 0.6 is 0 Å². The Morgan fingerprint density at radius 1 is 1.53 bits per heavy atom. The minimum atomic E-state index is -0.907. The van der Waals surface area contributed by atoms with Crippen LogP contribution < -0.4 is 11.2 Å². The zero-order chi connectivity index (χ0) is 12.6. The lowest BCUT2D eigenvalue weighted by Gasteiger charge is -2.17. The van der Waals surface area contributed by atoms with E-state index >= 15 is 0 Å². The molecule has 1 saturated heterocycles. The molecule has 0 bridgehead atoms. The van der Waals surface area contributed by atoms with E-state index in [1.807, 2.05) is 0 Å². The lowest BCUT2D eigenvalue weighted by Crippen LogP contribution is -2.35. The van der Waals surface area contributed by atoms with Crippen molar-refractivity contribution in [3.63, 3.8) is 0 Å². The van der Waals surface area contributed by atoms with Crippen molar-refractivity contribution in [1.29, 1.82) is 0 Å². The number of rotatable bonds is 2. The van der Waals surface area contributed by atoms with Gasteiger partial charge in [0.15, 0.2) is 6.23 Å². The second-order valence-electron chi connectivity index (χ2n) is 4.11. The number of nitrogens with one attached hydrogen (secondary N) is 1. The monoisotopic (exact) mass is 242 g/mol. The van der Waals surface area contributed by atoms with Gasteiger partial charge in [-0.2, -0.15) is 0 Å². The Morgan fingerprint density at radius 2 is 2.24 bits per heavy atom. The van der Waals surface area contributed by atoms with Gasteiger partial charge in [-0.1, -0.05) is 6.92 Å². The summed E-state index contributed by atoms with van der Waals surface area (Å²) >= 11 is 0. The van der Waals surface area contributed by atoms with Crippen molar-refractivity contribution in [2.75, 3.05) is 6.61 Å². The summed E-state index contributed by atoms with van der Waals surface area (Å²) in [5, 5.41) is 19.0. The molecule has 0 saturated carbocycles. The van der Waals surface area contributed by atoms with Crippen LogP contribution in [0, 0.1) is 5.92 Å². The molecule has 7 nitrogen and oxygen atoms in total. The van der Waals surface area contributed by atoms with Crippen molar-refractivity contribution in [3.8, 4) is 0 Å². The minimum absolute atomic E-state index is 0.229. The van der Waals surface area contributed by atoms with Crippen molar-refractivity contribution in [2.24, 2.45) is 5.92 Å². The third-order valence-electron chi connectivity index (χ3n) is 3.04. The lowest BCUT2D eigenvalue weighted by atomic mass is 10.0. The maximum Gasteiger partial charge on any atom is 0.330 e. The van der Waals surface area contributed by atoms with Crippen molar-refractivity contribution >= 4 is 0 Å². The first kappa shape index (κ1) is 12.0. The second kappa shape index (κ2) is 4.44. The molecule has 0 radical (unpaired) electrons. The molecule has 2 heterocycles. The van der Waals surface area contributed by atoms with Crippen LogP contribution in [0.1, 0.15) is 13.2 Å². The molecular weight excluding hydrogens is 228 g/mol. The maximum absolute atomic E-state index is 11.5. The summed E-state index contributed by atoms with van der Waals surface area (Å²) < 4.78 is 6.49. The molecule has 4 atom stereocenters. The molecule has 0 amide bonds. The minimum Gasteiger partial charge on any atom is -0.394 e. The molecule has 0 aromatic carbocycles. The topological polar surface area (TPSA) is 105 Å². The number of aliphatic hydroxyl groups is 2. The number of hydrogen-bond donors (Lipinski definition) is 3. The van der Waals surface area contributed by atoms with Crippen LogP contribution in [0.25, 0.3) is 0 Å². The number of hydrogen-bond acceptors (Lipinski definition) is 5. The average Bonchev–Trinajstić information content (AvgIpc) is 2.57. The second-order valence-corrected chi connectivity index (χ2v) is 4.11. The van der Waals surface area contributed by atoms with Gasteiger partial charge in [-0.3, -0.25) is 14.3 Å². The van der Waals surface area contributed by atoms with E-state index in [1.165, 1.54) is 12.3 Å². The lowest BCUT2D eigenvalue weighted by molar-refractivity contribution is -0.0534. The van der Waals surface area contributed by atoms with Gasteiger partial charge in [-0.05, 0) is 0 Å². The molecule has 1 aliphatic rings. The Labute approximate surface area is 96.3 Å². The van der Waals surface area contributed by atoms with E-state index in [1.54, 1.807) is 6.92 Å². The number of aromatic nitrogens is 2. The first-order valence-electron chi connectivity index (χ1n) is 5.30. The fourth-order valence-corrected chi connectivity index (χ4v) is 1.93. The van der Waals surface area contributed by atoms with Crippen LogP contribution in [-0.4, -0.2) is 38.6 Å². The first-order chi connectivity index (χ1) is 8.04. The largest absolute Gasteiger partial charge is 0.394 e. The number of aromatic amines is 1. The molecule has 0 spiro atoms. The van der Waals surface area contributed by atoms with Gasteiger partial charge < -0.3 is 14.9 Å². The van der Waals surface area contributed by atoms with Gasteiger partial charge in [0, 0.05) is 18.2 Å². The molecule has 1 aliphatic heterocycles. The molecule has 1 aromatic heterocycles. The highest BCUT2D eigenvalue weighted by atomic mass is 16.5. The van der Waals surface area contributed by atoms with Crippen LogP contribution in [0.15, 0.2) is 21.9 Å². The third-order valence-corrected chi connectivity index (χ3v) is 3.04. The normalized spacial score (nSPS) is 32.9. The van der Waals surface area contributed by atoms with Gasteiger partial charge in [0.1, 0.15) is 6.10 Å². The van der Waals surface area contributed by atoms with Crippen LogP contribution in [-0.2, 0) is 4.74 Å². The van der Waals surface area contributed by atoms with Gasteiger partial charge in [0.2, 0.25) is 0 Å². The van der Waals surface area contributed by atoms with Crippen LogP contribution in [0.4, 0.5) is 0 Å². The number of nitrogens with zero attached hydrogens (tertiary/aromatic N) is 1. The maximum atomic E-state index is 11.5. The third kappa shape index (κ3) is 2.04. The highest BCUT2D eigenvalue weighted by Gasteiger charge is 2.41. The van der Waals surface area contributed by atoms with E-state index in [-0.39, 0.29) is 12.5 Å². The van der Waals surface area contributed by atoms with E-state index in [0.717, 1.165) is 4.57 Å². The molecule has 94 valence electrons. The summed E-state index contributed by atoms with van der Waals surface area (Å²) in [5.74, 6) is -0.288. The summed E-state index contributed by atoms with van der Waals surface area (Å²) in [6, 6.07) is 1.18. The zero-order valence-corrected chi connectivity index (χ0v) is 9.24. The molecule has 2 rings (SSSR count). The number of aliphatic hydroxyl groups excluding tert-OH is 2. The Morgan fingerprint density at radius 3 is 2.76 bits per heavy atom. The van der Waals surface area contributed by atoms with Crippen molar-refractivity contribution < 1.29 is 14.9 Å². The fraction of sp³-hybridized carbons (Fsp3) is 0.600. The number of ether oxygens (including phenoxy) is 1. The standard InChI is InChI=1S/C10H14N2O5/c1-5-6(4-13)17-9(8(5)15)12-3-2-7(14)11-10(12)16/h2-3,5-6,8-9,13,15H,4H2,1H3,(H,11,14,16)/t5-,6-,8+,9-/m1/s1. The van der Waals surface area contributed by atoms with E-state index in [2.05, 4.69) is 4.98 Å². The summed E-state index contributed by atoms with van der Waals surface area (Å²) in [6.07, 6.45) is -1.04. The summed E-state index contributed by atoms with van der Waals surface area (Å²) in [5.41, 5.74) is -1.15. The summed E-state index contributed by atoms with van der Waals surface area (Å²) in [7, 11) is 0. The Balaban J connectivity index is 2.35. The summed E-state index contributed by atoms with van der Waals surface area (Å²) in [4.78, 5) is 24.5. The first-order valence-corrected chi connectivity index (χ1v) is 5.30. The molecule has 1 fully saturated rings. The van der Waals surface area contributed by atoms with E-state index < -0.39 is 29.7 Å². The molecule has 0 unspecified atom stereocenters. The van der Waals surface area contributed by atoms with Gasteiger partial charge in [-0.25, -0.2) is 4.79 Å². The van der Waals surface area contributed by atoms with Crippen LogP contribution in [0.5, 0.6) is 0 Å². The van der Waals surface area contributed by atoms with Crippen molar-refractivity contribution in [2.45, 2.75) is 25.4 Å². The Bertz CT molecular complexity index is 508. The predicted molar refractivity (Wildman–Crippen MR) is 57.5 cm³/mol. The molecule has 3 N–H and O–H groups in total. The van der Waals surface area contributed by atoms with E-state index in [0.29, 0.717) is 0 Å². The Hall–Kier alpha value is -1.44. The number of H-pyrrole nitrogens is 1. The van der Waals surface area contributed by atoms with E-state index in [9.17, 15) is 14.7 Å². The van der Waals surface area contributed by atoms with Gasteiger partial charge in [0.05, 0.1) is 12.7 Å². The molecule has 7 heteroatoms. The van der Waals surface area contributed by atoms with Gasteiger partial charge in [-0.15, -0.1) is 0 Å². The van der Waals surface area contributed by atoms with E-state index in [4.69, 9.17) is 9.84 Å². The van der Waals surface area contributed by atoms with Crippen LogP contribution in [0.2, 0.25) is 0 Å². The Kier molecular flexibility index (Phi) is 3.14. The highest BCUT2D eigenvalue weighted by Crippen LogP contribution is 2.32. The molecular formula is C10H14N2O5. The molecule has 17 heavy (non-hydrogen) atoms. The molecule has 1 aromatic rings. The SMILES string of the molecule is C[C@H]1[C@H](O)[C@H](n2ccc(=O)[nH]c2=O)O[C@@H]1CO. The van der Waals surface area contributed by atoms with Crippen LogP contribution in [0.3, 0.4) is 0 Å². The smallest absolute Gasteiger partial charge is 0.330 e.